The van der Waals surface area contributed by atoms with E-state index in [1.807, 2.05) is 24.3 Å². The van der Waals surface area contributed by atoms with Crippen molar-refractivity contribution in [3.63, 3.8) is 0 Å². The van der Waals surface area contributed by atoms with Crippen molar-refractivity contribution >= 4 is 11.6 Å². The normalized spacial score (nSPS) is 10.7. The van der Waals surface area contributed by atoms with E-state index in [9.17, 15) is 9.18 Å². The lowest BCUT2D eigenvalue weighted by atomic mass is 10.1. The number of amides is 1. The number of hydrogen-bond donors (Lipinski definition) is 2. The van der Waals surface area contributed by atoms with Crippen LogP contribution in [0.15, 0.2) is 71.4 Å². The van der Waals surface area contributed by atoms with Crippen molar-refractivity contribution in [1.29, 1.82) is 0 Å². The van der Waals surface area contributed by atoms with Crippen molar-refractivity contribution in [2.45, 2.75) is 0 Å². The third-order valence-corrected chi connectivity index (χ3v) is 3.79. The molecule has 0 unspecified atom stereocenters. The Labute approximate surface area is 147 Å². The fourth-order valence-electron chi connectivity index (χ4n) is 2.54. The number of halogens is 1. The van der Waals surface area contributed by atoms with E-state index in [1.165, 1.54) is 18.2 Å². The van der Waals surface area contributed by atoms with Crippen LogP contribution in [0.3, 0.4) is 0 Å². The lowest BCUT2D eigenvalue weighted by Crippen LogP contribution is -2.10. The van der Waals surface area contributed by atoms with Gasteiger partial charge in [-0.15, -0.1) is 0 Å². The average molecular weight is 348 g/mol. The Kier molecular flexibility index (Phi) is 4.03. The highest BCUT2D eigenvalue weighted by Crippen LogP contribution is 2.23. The zero-order valence-electron chi connectivity index (χ0n) is 13.4. The number of H-pyrrole nitrogens is 1. The van der Waals surface area contributed by atoms with Crippen molar-refractivity contribution in [2.75, 3.05) is 5.32 Å². The molecule has 4 rings (SSSR count). The summed E-state index contributed by atoms with van der Waals surface area (Å²) < 4.78 is 18.4. The summed E-state index contributed by atoms with van der Waals surface area (Å²) >= 11 is 0. The molecule has 0 aliphatic carbocycles. The van der Waals surface area contributed by atoms with Crippen LogP contribution in [0, 0.1) is 5.82 Å². The van der Waals surface area contributed by atoms with Crippen molar-refractivity contribution in [3.05, 3.63) is 78.4 Å². The van der Waals surface area contributed by atoms with Gasteiger partial charge in [-0.1, -0.05) is 29.4 Å². The second kappa shape index (κ2) is 6.64. The second-order valence-electron chi connectivity index (χ2n) is 5.59. The molecular weight excluding hydrogens is 335 g/mol. The largest absolute Gasteiger partial charge is 0.350 e. The number of nitrogens with one attached hydrogen (secondary N) is 2. The predicted octanol–water partition coefficient (Wildman–Crippen LogP) is 4.12. The lowest BCUT2D eigenvalue weighted by Gasteiger charge is -2.04. The first-order valence-corrected chi connectivity index (χ1v) is 7.83. The summed E-state index contributed by atoms with van der Waals surface area (Å²) in [7, 11) is 0. The maximum atomic E-state index is 13.3. The first-order chi connectivity index (χ1) is 12.7. The molecule has 0 spiro atoms. The number of benzene rings is 2. The molecule has 0 saturated heterocycles. The molecule has 7 heteroatoms. The van der Waals surface area contributed by atoms with E-state index in [4.69, 9.17) is 4.52 Å². The van der Waals surface area contributed by atoms with Crippen LogP contribution in [0.4, 0.5) is 10.1 Å². The highest BCUT2D eigenvalue weighted by Gasteiger charge is 2.15. The van der Waals surface area contributed by atoms with Gasteiger partial charge in [0.1, 0.15) is 11.5 Å². The van der Waals surface area contributed by atoms with Crippen LogP contribution in [-0.4, -0.2) is 21.3 Å². The maximum Gasteiger partial charge on any atom is 0.294 e. The van der Waals surface area contributed by atoms with Gasteiger partial charge in [-0.05, 0) is 30.3 Å². The molecule has 4 aromatic rings. The van der Waals surface area contributed by atoms with Crippen molar-refractivity contribution in [2.24, 2.45) is 0 Å². The van der Waals surface area contributed by atoms with Gasteiger partial charge in [0.2, 0.25) is 5.76 Å². The number of carbonyl (C=O) groups excluding carboxylic acids is 1. The molecule has 6 nitrogen and oxygen atoms in total. The van der Waals surface area contributed by atoms with Crippen LogP contribution in [0.2, 0.25) is 0 Å². The summed E-state index contributed by atoms with van der Waals surface area (Å²) in [6, 6.07) is 16.5. The van der Waals surface area contributed by atoms with Gasteiger partial charge in [0.05, 0.1) is 5.69 Å². The molecule has 128 valence electrons. The Bertz CT molecular complexity index is 1060. The van der Waals surface area contributed by atoms with E-state index >= 15 is 0 Å². The molecule has 1 amide bonds. The molecular formula is C19H13FN4O2. The molecule has 0 atom stereocenters. The maximum absolute atomic E-state index is 13.3. The minimum absolute atomic E-state index is 0.0382. The minimum atomic E-state index is -0.443. The number of aromatic nitrogens is 3. The van der Waals surface area contributed by atoms with Gasteiger partial charge in [-0.3, -0.25) is 9.89 Å². The molecule has 2 aromatic carbocycles. The zero-order valence-corrected chi connectivity index (χ0v) is 13.4. The molecule has 0 bridgehead atoms. The smallest absolute Gasteiger partial charge is 0.294 e. The predicted molar refractivity (Wildman–Crippen MR) is 93.9 cm³/mol. The highest BCUT2D eigenvalue weighted by molar-refractivity contribution is 6.03. The van der Waals surface area contributed by atoms with E-state index in [-0.39, 0.29) is 11.6 Å². The monoisotopic (exact) mass is 348 g/mol. The SMILES string of the molecule is O=C(Nc1cccc(-c2ccn[nH]2)c1)c1cc(-c2cccc(F)c2)no1. The topological polar surface area (TPSA) is 83.8 Å². The van der Waals surface area contributed by atoms with E-state index in [2.05, 4.69) is 20.7 Å². The van der Waals surface area contributed by atoms with Crippen LogP contribution in [0.25, 0.3) is 22.5 Å². The molecule has 2 N–H and O–H groups in total. The van der Waals surface area contributed by atoms with Gasteiger partial charge in [-0.25, -0.2) is 4.39 Å². The van der Waals surface area contributed by atoms with Gasteiger partial charge in [-0.2, -0.15) is 5.10 Å². The molecule has 0 saturated carbocycles. The fraction of sp³-hybridized carbons (Fsp3) is 0. The average Bonchev–Trinajstić information content (AvgIpc) is 3.34. The number of hydrogen-bond acceptors (Lipinski definition) is 4. The molecule has 0 aliphatic heterocycles. The van der Waals surface area contributed by atoms with Gasteiger partial charge in [0.15, 0.2) is 0 Å². The summed E-state index contributed by atoms with van der Waals surface area (Å²) in [5.41, 5.74) is 3.26. The molecule has 0 radical (unpaired) electrons. The Balaban J connectivity index is 1.53. The molecule has 0 aliphatic rings. The van der Waals surface area contributed by atoms with Crippen LogP contribution < -0.4 is 5.32 Å². The molecule has 2 heterocycles. The van der Waals surface area contributed by atoms with Crippen LogP contribution in [0.1, 0.15) is 10.6 Å². The fourth-order valence-corrected chi connectivity index (χ4v) is 2.54. The Morgan fingerprint density at radius 1 is 1.04 bits per heavy atom. The van der Waals surface area contributed by atoms with Crippen molar-refractivity contribution in [1.82, 2.24) is 15.4 Å². The third-order valence-electron chi connectivity index (χ3n) is 3.79. The number of aromatic amines is 1. The third kappa shape index (κ3) is 3.23. The summed E-state index contributed by atoms with van der Waals surface area (Å²) in [6.45, 7) is 0. The molecule has 2 aromatic heterocycles. The summed E-state index contributed by atoms with van der Waals surface area (Å²) in [4.78, 5) is 12.4. The molecule has 0 fully saturated rings. The van der Waals surface area contributed by atoms with Gasteiger partial charge < -0.3 is 9.84 Å². The van der Waals surface area contributed by atoms with E-state index in [1.54, 1.807) is 24.4 Å². The Morgan fingerprint density at radius 3 is 2.69 bits per heavy atom. The van der Waals surface area contributed by atoms with Crippen LogP contribution in [0.5, 0.6) is 0 Å². The minimum Gasteiger partial charge on any atom is -0.350 e. The van der Waals surface area contributed by atoms with Gasteiger partial charge in [0.25, 0.3) is 5.91 Å². The number of nitrogens with zero attached hydrogens (tertiary/aromatic N) is 2. The van der Waals surface area contributed by atoms with Crippen LogP contribution in [-0.2, 0) is 0 Å². The summed E-state index contributed by atoms with van der Waals surface area (Å²) in [5.74, 6) is -0.787. The van der Waals surface area contributed by atoms with Gasteiger partial charge in [0, 0.05) is 29.1 Å². The Morgan fingerprint density at radius 2 is 1.88 bits per heavy atom. The number of anilines is 1. The van der Waals surface area contributed by atoms with E-state index in [0.717, 1.165) is 11.3 Å². The lowest BCUT2D eigenvalue weighted by molar-refractivity contribution is 0.0988. The first-order valence-electron chi connectivity index (χ1n) is 7.83. The molecule has 26 heavy (non-hydrogen) atoms. The standard InChI is InChI=1S/C19H13FN4O2/c20-14-5-1-3-12(9-14)17-11-18(26-24-17)19(25)22-15-6-2-4-13(10-15)16-7-8-21-23-16/h1-11H,(H,21,23)(H,22,25). The van der Waals surface area contributed by atoms with Crippen LogP contribution >= 0.6 is 0 Å². The zero-order chi connectivity index (χ0) is 17.9. The van der Waals surface area contributed by atoms with Crippen molar-refractivity contribution < 1.29 is 13.7 Å². The van der Waals surface area contributed by atoms with Gasteiger partial charge >= 0.3 is 0 Å². The van der Waals surface area contributed by atoms with E-state index < -0.39 is 5.91 Å². The van der Waals surface area contributed by atoms with Crippen molar-refractivity contribution in [3.8, 4) is 22.5 Å². The summed E-state index contributed by atoms with van der Waals surface area (Å²) in [6.07, 6.45) is 1.66. The summed E-state index contributed by atoms with van der Waals surface area (Å²) in [5, 5.41) is 13.4. The quantitative estimate of drug-likeness (QED) is 0.581. The Hall–Kier alpha value is -3.74. The van der Waals surface area contributed by atoms with E-state index in [0.29, 0.717) is 16.9 Å². The number of carbonyl (C=O) groups is 1. The second-order valence-corrected chi connectivity index (χ2v) is 5.59. The first kappa shape index (κ1) is 15.8. The highest BCUT2D eigenvalue weighted by atomic mass is 19.1. The number of rotatable bonds is 4.